The van der Waals surface area contributed by atoms with Crippen molar-refractivity contribution in [2.24, 2.45) is 0 Å². The monoisotopic (exact) mass is 375 g/mol. The number of esters is 1. The molecule has 0 radical (unpaired) electrons. The van der Waals surface area contributed by atoms with Crippen LogP contribution in [0.15, 0.2) is 48.8 Å². The van der Waals surface area contributed by atoms with Gasteiger partial charge >= 0.3 is 5.97 Å². The van der Waals surface area contributed by atoms with Gasteiger partial charge < -0.3 is 19.7 Å². The molecule has 0 N–H and O–H groups in total. The van der Waals surface area contributed by atoms with Crippen molar-refractivity contribution in [1.29, 1.82) is 0 Å². The first-order valence-electron chi connectivity index (χ1n) is 8.17. The van der Waals surface area contributed by atoms with Gasteiger partial charge in [0.1, 0.15) is 0 Å². The second kappa shape index (κ2) is 8.05. The molecule has 1 fully saturated rings. The first-order chi connectivity index (χ1) is 12.5. The van der Waals surface area contributed by atoms with Crippen molar-refractivity contribution in [1.82, 2.24) is 4.90 Å². The van der Waals surface area contributed by atoms with E-state index in [1.54, 1.807) is 4.90 Å². The van der Waals surface area contributed by atoms with Crippen LogP contribution in [0.2, 0.25) is 5.02 Å². The normalized spacial score (nSPS) is 14.2. The number of benzene rings is 1. The molecule has 26 heavy (non-hydrogen) atoms. The lowest BCUT2D eigenvalue weighted by atomic mass is 10.2. The van der Waals surface area contributed by atoms with E-state index in [1.165, 1.54) is 24.5 Å². The van der Waals surface area contributed by atoms with Crippen LogP contribution in [0.3, 0.4) is 0 Å². The van der Waals surface area contributed by atoms with E-state index >= 15 is 0 Å². The predicted molar refractivity (Wildman–Crippen MR) is 95.9 cm³/mol. The minimum atomic E-state index is -0.628. The van der Waals surface area contributed by atoms with E-state index < -0.39 is 5.97 Å². The van der Waals surface area contributed by atoms with Crippen molar-refractivity contribution < 1.29 is 19.1 Å². The lowest BCUT2D eigenvalue weighted by Gasteiger charge is -2.36. The fourth-order valence-corrected chi connectivity index (χ4v) is 2.92. The average molecular weight is 376 g/mol. The number of pyridine rings is 1. The Morgan fingerprint density at radius 1 is 1.12 bits per heavy atom. The van der Waals surface area contributed by atoms with Crippen LogP contribution in [0, 0.1) is 5.21 Å². The van der Waals surface area contributed by atoms with Gasteiger partial charge in [0.05, 0.1) is 5.56 Å². The summed E-state index contributed by atoms with van der Waals surface area (Å²) in [6, 6.07) is 10.3. The SMILES string of the molecule is O=C(OCC(=O)N1CCN(c2cccc(Cl)c2)CC1)c1cc[n+]([O-])cc1. The van der Waals surface area contributed by atoms with Crippen molar-refractivity contribution in [2.45, 2.75) is 0 Å². The second-order valence-corrected chi connectivity index (χ2v) is 6.31. The van der Waals surface area contributed by atoms with Crippen LogP contribution in [0.5, 0.6) is 0 Å². The van der Waals surface area contributed by atoms with Crippen molar-refractivity contribution in [3.8, 4) is 0 Å². The molecule has 0 bridgehead atoms. The predicted octanol–water partition coefficient (Wildman–Crippen LogP) is 1.48. The Kier molecular flexibility index (Phi) is 5.58. The Bertz CT molecular complexity index is 789. The molecule has 136 valence electrons. The van der Waals surface area contributed by atoms with Gasteiger partial charge in [-0.2, -0.15) is 4.73 Å². The van der Waals surface area contributed by atoms with Gasteiger partial charge in [0.25, 0.3) is 5.91 Å². The van der Waals surface area contributed by atoms with E-state index in [2.05, 4.69) is 4.90 Å². The van der Waals surface area contributed by atoms with Crippen molar-refractivity contribution in [3.63, 3.8) is 0 Å². The smallest absolute Gasteiger partial charge is 0.339 e. The van der Waals surface area contributed by atoms with Crippen LogP contribution in [0.1, 0.15) is 10.4 Å². The summed E-state index contributed by atoms with van der Waals surface area (Å²) in [6.07, 6.45) is 2.40. The van der Waals surface area contributed by atoms with E-state index in [-0.39, 0.29) is 18.1 Å². The summed E-state index contributed by atoms with van der Waals surface area (Å²) in [7, 11) is 0. The van der Waals surface area contributed by atoms with E-state index in [4.69, 9.17) is 16.3 Å². The highest BCUT2D eigenvalue weighted by molar-refractivity contribution is 6.30. The van der Waals surface area contributed by atoms with Crippen LogP contribution in [0.25, 0.3) is 0 Å². The first-order valence-corrected chi connectivity index (χ1v) is 8.55. The average Bonchev–Trinajstić information content (AvgIpc) is 2.66. The molecule has 1 saturated heterocycles. The summed E-state index contributed by atoms with van der Waals surface area (Å²) >= 11 is 6.01. The lowest BCUT2D eigenvalue weighted by Crippen LogP contribution is -2.49. The van der Waals surface area contributed by atoms with Crippen LogP contribution in [-0.2, 0) is 9.53 Å². The molecule has 2 heterocycles. The third kappa shape index (κ3) is 4.43. The highest BCUT2D eigenvalue weighted by Crippen LogP contribution is 2.20. The van der Waals surface area contributed by atoms with E-state index in [0.29, 0.717) is 35.9 Å². The molecule has 1 aromatic carbocycles. The molecule has 1 aliphatic rings. The molecule has 0 atom stereocenters. The van der Waals surface area contributed by atoms with Gasteiger partial charge in [0, 0.05) is 49.0 Å². The molecule has 7 nitrogen and oxygen atoms in total. The minimum Gasteiger partial charge on any atom is -0.619 e. The van der Waals surface area contributed by atoms with Gasteiger partial charge in [-0.15, -0.1) is 0 Å². The Balaban J connectivity index is 1.47. The first kappa shape index (κ1) is 18.0. The number of piperazine rings is 1. The molecule has 1 aromatic heterocycles. The maximum atomic E-state index is 12.2. The molecule has 1 aliphatic heterocycles. The number of nitrogens with zero attached hydrogens (tertiary/aromatic N) is 3. The van der Waals surface area contributed by atoms with Crippen LogP contribution in [-0.4, -0.2) is 49.6 Å². The third-order valence-corrected chi connectivity index (χ3v) is 4.41. The summed E-state index contributed by atoms with van der Waals surface area (Å²) < 4.78 is 5.61. The van der Waals surface area contributed by atoms with E-state index in [1.807, 2.05) is 24.3 Å². The molecule has 2 aromatic rings. The van der Waals surface area contributed by atoms with Crippen molar-refractivity contribution in [3.05, 3.63) is 64.6 Å². The van der Waals surface area contributed by atoms with Gasteiger partial charge in [-0.05, 0) is 18.2 Å². The number of carbonyl (C=O) groups excluding carboxylic acids is 2. The Labute approximate surface area is 155 Å². The number of aromatic nitrogens is 1. The summed E-state index contributed by atoms with van der Waals surface area (Å²) in [5.74, 6) is -0.865. The van der Waals surface area contributed by atoms with Gasteiger partial charge in [-0.25, -0.2) is 4.79 Å². The summed E-state index contributed by atoms with van der Waals surface area (Å²) in [5, 5.41) is 11.6. The summed E-state index contributed by atoms with van der Waals surface area (Å²) in [4.78, 5) is 28.0. The lowest BCUT2D eigenvalue weighted by molar-refractivity contribution is -0.605. The number of hydrogen-bond acceptors (Lipinski definition) is 5. The highest BCUT2D eigenvalue weighted by atomic mass is 35.5. The number of halogens is 1. The maximum Gasteiger partial charge on any atom is 0.339 e. The molecule has 0 unspecified atom stereocenters. The number of carbonyl (C=O) groups is 2. The molecule has 0 aliphatic carbocycles. The maximum absolute atomic E-state index is 12.2. The standard InChI is InChI=1S/C18H18ClN3O4/c19-15-2-1-3-16(12-15)20-8-10-21(11-9-20)17(23)13-26-18(24)14-4-6-22(25)7-5-14/h1-7,12H,8-11,13H2. The van der Waals surface area contributed by atoms with Gasteiger partial charge in [-0.3, -0.25) is 4.79 Å². The fraction of sp³-hybridized carbons (Fsp3) is 0.278. The number of amides is 1. The Morgan fingerprint density at radius 2 is 1.81 bits per heavy atom. The van der Waals surface area contributed by atoms with Crippen molar-refractivity contribution >= 4 is 29.2 Å². The molecule has 1 amide bonds. The zero-order chi connectivity index (χ0) is 18.5. The molecular weight excluding hydrogens is 358 g/mol. The minimum absolute atomic E-state index is 0.232. The van der Waals surface area contributed by atoms with Crippen molar-refractivity contribution in [2.75, 3.05) is 37.7 Å². The van der Waals surface area contributed by atoms with Crippen LogP contribution >= 0.6 is 11.6 Å². The number of hydrogen-bond donors (Lipinski definition) is 0. The Morgan fingerprint density at radius 3 is 2.46 bits per heavy atom. The number of anilines is 1. The van der Waals surface area contributed by atoms with Gasteiger partial charge in [0.2, 0.25) is 0 Å². The number of ether oxygens (including phenoxy) is 1. The van der Waals surface area contributed by atoms with E-state index in [0.717, 1.165) is 5.69 Å². The van der Waals surface area contributed by atoms with Crippen LogP contribution in [0.4, 0.5) is 5.69 Å². The van der Waals surface area contributed by atoms with Crippen LogP contribution < -0.4 is 9.63 Å². The molecule has 8 heteroatoms. The second-order valence-electron chi connectivity index (χ2n) is 5.87. The third-order valence-electron chi connectivity index (χ3n) is 4.17. The Hall–Kier alpha value is -2.80. The zero-order valence-corrected chi connectivity index (χ0v) is 14.8. The summed E-state index contributed by atoms with van der Waals surface area (Å²) in [5.41, 5.74) is 1.26. The van der Waals surface area contributed by atoms with Gasteiger partial charge in [-0.1, -0.05) is 17.7 Å². The molecule has 0 spiro atoms. The molecule has 0 saturated carbocycles. The fourth-order valence-electron chi connectivity index (χ4n) is 2.74. The quantitative estimate of drug-likeness (QED) is 0.459. The molecule has 3 rings (SSSR count). The van der Waals surface area contributed by atoms with E-state index in [9.17, 15) is 14.8 Å². The largest absolute Gasteiger partial charge is 0.619 e. The summed E-state index contributed by atoms with van der Waals surface area (Å²) in [6.45, 7) is 2.14. The highest BCUT2D eigenvalue weighted by Gasteiger charge is 2.22. The van der Waals surface area contributed by atoms with Gasteiger partial charge in [0.15, 0.2) is 19.0 Å². The zero-order valence-electron chi connectivity index (χ0n) is 14.0. The topological polar surface area (TPSA) is 76.8 Å². The molecular formula is C18H18ClN3O4. The number of rotatable bonds is 4.